The molecular formula is C12H23NO10. The van der Waals surface area contributed by atoms with Gasteiger partial charge in [-0.2, -0.15) is 0 Å². The molecule has 0 aliphatic carbocycles. The molecule has 11 heteroatoms. The van der Waals surface area contributed by atoms with E-state index >= 15 is 0 Å². The van der Waals surface area contributed by atoms with Crippen molar-refractivity contribution in [1.29, 1.82) is 0 Å². The maximum absolute atomic E-state index is 10.0. The van der Waals surface area contributed by atoms with Crippen LogP contribution in [0, 0.1) is 0 Å². The van der Waals surface area contributed by atoms with Crippen LogP contribution in [-0.4, -0.2) is 110 Å². The van der Waals surface area contributed by atoms with Gasteiger partial charge in [0.1, 0.15) is 55.1 Å². The van der Waals surface area contributed by atoms with Crippen molar-refractivity contribution in [3.63, 3.8) is 0 Å². The molecule has 0 aromatic carbocycles. The molecule has 9 N–H and O–H groups in total. The van der Waals surface area contributed by atoms with E-state index in [1.54, 1.807) is 0 Å². The highest BCUT2D eigenvalue weighted by Gasteiger charge is 2.49. The molecule has 2 rings (SSSR count). The Balaban J connectivity index is 2.11. The number of hydrogen-bond donors (Lipinski definition) is 8. The molecule has 2 aliphatic heterocycles. The van der Waals surface area contributed by atoms with Crippen molar-refractivity contribution in [3.8, 4) is 0 Å². The third-order valence-corrected chi connectivity index (χ3v) is 4.04. The topological polar surface area (TPSA) is 195 Å². The summed E-state index contributed by atoms with van der Waals surface area (Å²) in [6.07, 6.45) is -14.4. The van der Waals surface area contributed by atoms with Crippen LogP contribution in [-0.2, 0) is 14.2 Å². The standard InChI is InChI=1S/C12H23NO10/c13-11-8(19)7(18)10(4(2-15)21-11)23-12-9(20)6(17)5(16)3(1-14)22-12/h3-12,14-20H,1-2,13H2/t3-,4-,5+,6+,7-,8-,9-,10-,11?,12+/m0/s1. The van der Waals surface area contributed by atoms with E-state index in [0.717, 1.165) is 0 Å². The number of ether oxygens (including phenoxy) is 3. The number of aliphatic hydroxyl groups excluding tert-OH is 7. The molecule has 0 aromatic heterocycles. The van der Waals surface area contributed by atoms with E-state index in [1.807, 2.05) is 0 Å². The molecule has 136 valence electrons. The highest BCUT2D eigenvalue weighted by atomic mass is 16.7. The lowest BCUT2D eigenvalue weighted by atomic mass is 9.96. The van der Waals surface area contributed by atoms with E-state index in [9.17, 15) is 30.6 Å². The zero-order valence-corrected chi connectivity index (χ0v) is 12.1. The molecule has 0 saturated carbocycles. The average molecular weight is 341 g/mol. The van der Waals surface area contributed by atoms with Crippen LogP contribution in [0.2, 0.25) is 0 Å². The lowest BCUT2D eigenvalue weighted by Gasteiger charge is -2.45. The fourth-order valence-corrected chi connectivity index (χ4v) is 2.62. The van der Waals surface area contributed by atoms with Crippen LogP contribution in [0.25, 0.3) is 0 Å². The van der Waals surface area contributed by atoms with Crippen molar-refractivity contribution in [3.05, 3.63) is 0 Å². The molecular weight excluding hydrogens is 318 g/mol. The first-order valence-electron chi connectivity index (χ1n) is 7.15. The summed E-state index contributed by atoms with van der Waals surface area (Å²) in [4.78, 5) is 0. The third-order valence-electron chi connectivity index (χ3n) is 4.04. The Morgan fingerprint density at radius 2 is 1.35 bits per heavy atom. The van der Waals surface area contributed by atoms with Gasteiger partial charge in [0.15, 0.2) is 6.29 Å². The van der Waals surface area contributed by atoms with Crippen LogP contribution >= 0.6 is 0 Å². The van der Waals surface area contributed by atoms with Gasteiger partial charge in [0, 0.05) is 0 Å². The minimum absolute atomic E-state index is 0.598. The van der Waals surface area contributed by atoms with Gasteiger partial charge in [0.25, 0.3) is 0 Å². The first-order chi connectivity index (χ1) is 10.8. The largest absolute Gasteiger partial charge is 0.394 e. The zero-order valence-electron chi connectivity index (χ0n) is 12.1. The van der Waals surface area contributed by atoms with Gasteiger partial charge in [-0.25, -0.2) is 0 Å². The average Bonchev–Trinajstić information content (AvgIpc) is 2.55. The Bertz CT molecular complexity index is 383. The van der Waals surface area contributed by atoms with Crippen LogP contribution in [0.5, 0.6) is 0 Å². The fraction of sp³-hybridized carbons (Fsp3) is 1.00. The predicted octanol–water partition coefficient (Wildman–Crippen LogP) is -5.43. The van der Waals surface area contributed by atoms with E-state index in [4.69, 9.17) is 25.1 Å². The van der Waals surface area contributed by atoms with Crippen LogP contribution < -0.4 is 5.73 Å². The van der Waals surface area contributed by atoms with Crippen LogP contribution in [0.4, 0.5) is 0 Å². The molecule has 2 aliphatic rings. The first-order valence-corrected chi connectivity index (χ1v) is 7.15. The van der Waals surface area contributed by atoms with Gasteiger partial charge < -0.3 is 55.7 Å². The monoisotopic (exact) mass is 341 g/mol. The molecule has 0 spiro atoms. The summed E-state index contributed by atoms with van der Waals surface area (Å²) in [5.41, 5.74) is 5.46. The van der Waals surface area contributed by atoms with Gasteiger partial charge in [0.05, 0.1) is 13.2 Å². The summed E-state index contributed by atoms with van der Waals surface area (Å²) < 4.78 is 15.6. The third kappa shape index (κ3) is 3.65. The number of aliphatic hydroxyl groups is 7. The minimum Gasteiger partial charge on any atom is -0.394 e. The Morgan fingerprint density at radius 1 is 0.739 bits per heavy atom. The van der Waals surface area contributed by atoms with Crippen LogP contribution in [0.3, 0.4) is 0 Å². The molecule has 2 saturated heterocycles. The normalized spacial score (nSPS) is 51.7. The molecule has 0 radical (unpaired) electrons. The molecule has 2 heterocycles. The van der Waals surface area contributed by atoms with E-state index in [-0.39, 0.29) is 0 Å². The summed E-state index contributed by atoms with van der Waals surface area (Å²) in [6.45, 7) is -1.25. The summed E-state index contributed by atoms with van der Waals surface area (Å²) in [6, 6.07) is 0. The molecule has 0 bridgehead atoms. The smallest absolute Gasteiger partial charge is 0.187 e. The van der Waals surface area contributed by atoms with Gasteiger partial charge in [-0.1, -0.05) is 0 Å². The predicted molar refractivity (Wildman–Crippen MR) is 70.6 cm³/mol. The molecule has 0 aromatic rings. The molecule has 11 nitrogen and oxygen atoms in total. The summed E-state index contributed by atoms with van der Waals surface area (Å²) in [5, 5.41) is 67.4. The van der Waals surface area contributed by atoms with E-state index < -0.39 is 74.6 Å². The first kappa shape index (κ1) is 18.9. The SMILES string of the molecule is NC1O[C@@H](CO)[C@H](O[C@H]2O[C@@H](CO)[C@@H](O)[C@@H](O)[C@@H]2O)[C@@H](O)[C@@H]1O. The Labute approximate surface area is 131 Å². The van der Waals surface area contributed by atoms with Gasteiger partial charge in [-0.05, 0) is 0 Å². The Hall–Kier alpha value is -0.440. The van der Waals surface area contributed by atoms with Crippen molar-refractivity contribution < 1.29 is 50.0 Å². The second kappa shape index (κ2) is 7.63. The summed E-state index contributed by atoms with van der Waals surface area (Å²) in [5.74, 6) is 0. The van der Waals surface area contributed by atoms with Crippen LogP contribution in [0.1, 0.15) is 0 Å². The quantitative estimate of drug-likeness (QED) is 0.243. The molecule has 23 heavy (non-hydrogen) atoms. The zero-order chi connectivity index (χ0) is 17.3. The molecule has 10 atom stereocenters. The summed E-state index contributed by atoms with van der Waals surface area (Å²) in [7, 11) is 0. The molecule has 2 fully saturated rings. The Morgan fingerprint density at radius 3 is 1.91 bits per heavy atom. The Kier molecular flexibility index (Phi) is 6.27. The van der Waals surface area contributed by atoms with Crippen LogP contribution in [0.15, 0.2) is 0 Å². The van der Waals surface area contributed by atoms with Gasteiger partial charge >= 0.3 is 0 Å². The number of hydrogen-bond acceptors (Lipinski definition) is 11. The van der Waals surface area contributed by atoms with E-state index in [0.29, 0.717) is 0 Å². The minimum atomic E-state index is -1.69. The number of nitrogens with two attached hydrogens (primary N) is 1. The second-order valence-electron chi connectivity index (χ2n) is 5.60. The summed E-state index contributed by atoms with van der Waals surface area (Å²) >= 11 is 0. The van der Waals surface area contributed by atoms with Gasteiger partial charge in [0.2, 0.25) is 0 Å². The lowest BCUT2D eigenvalue weighted by molar-refractivity contribution is -0.341. The second-order valence-corrected chi connectivity index (χ2v) is 5.60. The molecule has 0 amide bonds. The van der Waals surface area contributed by atoms with Gasteiger partial charge in [-0.15, -0.1) is 0 Å². The van der Waals surface area contributed by atoms with Crippen molar-refractivity contribution in [1.82, 2.24) is 0 Å². The maximum Gasteiger partial charge on any atom is 0.187 e. The van der Waals surface area contributed by atoms with E-state index in [2.05, 4.69) is 0 Å². The lowest BCUT2D eigenvalue weighted by Crippen LogP contribution is -2.65. The molecule has 1 unspecified atom stereocenters. The van der Waals surface area contributed by atoms with Crippen molar-refractivity contribution in [2.75, 3.05) is 13.2 Å². The highest BCUT2D eigenvalue weighted by molar-refractivity contribution is 4.94. The number of rotatable bonds is 4. The van der Waals surface area contributed by atoms with E-state index in [1.165, 1.54) is 0 Å². The maximum atomic E-state index is 10.0. The van der Waals surface area contributed by atoms with Crippen molar-refractivity contribution in [2.45, 2.75) is 61.3 Å². The van der Waals surface area contributed by atoms with Gasteiger partial charge in [-0.3, -0.25) is 0 Å². The fourth-order valence-electron chi connectivity index (χ4n) is 2.62. The van der Waals surface area contributed by atoms with Crippen molar-refractivity contribution in [2.24, 2.45) is 5.73 Å². The highest BCUT2D eigenvalue weighted by Crippen LogP contribution is 2.28. The van der Waals surface area contributed by atoms with Crippen molar-refractivity contribution >= 4 is 0 Å².